The van der Waals surface area contributed by atoms with Gasteiger partial charge < -0.3 is 21.5 Å². The van der Waals surface area contributed by atoms with E-state index >= 15 is 0 Å². The van der Waals surface area contributed by atoms with Gasteiger partial charge in [-0.25, -0.2) is 0 Å². The van der Waals surface area contributed by atoms with E-state index < -0.39 is 11.5 Å². The minimum Gasteiger partial charge on any atom is -0.508 e. The zero-order valence-electron chi connectivity index (χ0n) is 26.6. The topological polar surface area (TPSA) is 108 Å². The van der Waals surface area contributed by atoms with Gasteiger partial charge in [0.1, 0.15) is 11.8 Å². The number of likely N-dealkylation sites (tertiary alicyclic amines) is 1. The van der Waals surface area contributed by atoms with Crippen molar-refractivity contribution in [1.29, 1.82) is 0 Å². The number of amides is 2. The van der Waals surface area contributed by atoms with Crippen LogP contribution >= 0.6 is 0 Å². The van der Waals surface area contributed by atoms with Crippen molar-refractivity contribution in [2.24, 2.45) is 23.5 Å². The van der Waals surface area contributed by atoms with E-state index in [0.717, 1.165) is 57.2 Å². The van der Waals surface area contributed by atoms with Gasteiger partial charge in [0.2, 0.25) is 11.8 Å². The largest absolute Gasteiger partial charge is 0.508 e. The van der Waals surface area contributed by atoms with Gasteiger partial charge in [-0.3, -0.25) is 14.5 Å². The first kappa shape index (κ1) is 31.5. The molecule has 7 nitrogen and oxygen atoms in total. The number of hydrogen-bond acceptors (Lipinski definition) is 5. The number of nitrogens with two attached hydrogens (primary N) is 1. The van der Waals surface area contributed by atoms with Crippen LogP contribution in [0.25, 0.3) is 0 Å². The van der Waals surface area contributed by atoms with Crippen molar-refractivity contribution < 1.29 is 14.7 Å². The van der Waals surface area contributed by atoms with Gasteiger partial charge in [-0.2, -0.15) is 0 Å². The van der Waals surface area contributed by atoms with E-state index in [4.69, 9.17) is 5.73 Å². The highest BCUT2D eigenvalue weighted by Gasteiger charge is 2.62. The van der Waals surface area contributed by atoms with Crippen molar-refractivity contribution in [3.63, 3.8) is 0 Å². The summed E-state index contributed by atoms with van der Waals surface area (Å²) < 4.78 is 0. The molecule has 7 heteroatoms. The predicted octanol–water partition coefficient (Wildman–Crippen LogP) is 4.65. The van der Waals surface area contributed by atoms with Crippen LogP contribution in [0, 0.1) is 17.8 Å². The summed E-state index contributed by atoms with van der Waals surface area (Å²) in [6, 6.07) is 15.9. The lowest BCUT2D eigenvalue weighted by Gasteiger charge is -2.55. The van der Waals surface area contributed by atoms with Crippen LogP contribution in [0.1, 0.15) is 82.9 Å². The molecule has 2 amide bonds. The number of carbonyl (C=O) groups is 2. The Morgan fingerprint density at radius 1 is 1.12 bits per heavy atom. The molecule has 2 fully saturated rings. The molecule has 1 aliphatic heterocycles. The molecular formula is C36H52N4O3. The molecule has 2 aromatic carbocycles. The monoisotopic (exact) mass is 588 g/mol. The smallest absolute Gasteiger partial charge is 0.242 e. The molecule has 0 spiro atoms. The second kappa shape index (κ2) is 13.0. The average molecular weight is 589 g/mol. The molecule has 5 N–H and O–H groups in total. The lowest BCUT2D eigenvalue weighted by molar-refractivity contribution is -0.131. The summed E-state index contributed by atoms with van der Waals surface area (Å²) >= 11 is 0. The third-order valence-electron chi connectivity index (χ3n) is 10.9. The molecule has 2 bridgehead atoms. The molecule has 234 valence electrons. The third kappa shape index (κ3) is 6.34. The Balaban J connectivity index is 1.32. The van der Waals surface area contributed by atoms with Crippen molar-refractivity contribution in [1.82, 2.24) is 15.5 Å². The number of nitrogens with one attached hydrogen (secondary N) is 2. The number of phenolic OH excluding ortho intramolecular Hbond substituents is 1. The van der Waals surface area contributed by atoms with Crippen molar-refractivity contribution in [3.8, 4) is 5.75 Å². The van der Waals surface area contributed by atoms with E-state index in [0.29, 0.717) is 37.2 Å². The molecule has 3 aliphatic rings. The van der Waals surface area contributed by atoms with Crippen molar-refractivity contribution >= 4 is 11.8 Å². The number of nitrogens with zero attached hydrogens (tertiary/aromatic N) is 1. The summed E-state index contributed by atoms with van der Waals surface area (Å²) in [6.07, 6.45) is 6.22. The van der Waals surface area contributed by atoms with Crippen LogP contribution in [0.3, 0.4) is 0 Å². The Morgan fingerprint density at radius 2 is 1.88 bits per heavy atom. The Hall–Kier alpha value is -2.90. The highest BCUT2D eigenvalue weighted by Crippen LogP contribution is 2.57. The molecule has 0 unspecified atom stereocenters. The van der Waals surface area contributed by atoms with Crippen LogP contribution in [0.15, 0.2) is 48.5 Å². The fourth-order valence-corrected chi connectivity index (χ4v) is 8.02. The van der Waals surface area contributed by atoms with Crippen LogP contribution < -0.4 is 16.4 Å². The molecule has 2 aliphatic carbocycles. The van der Waals surface area contributed by atoms with Crippen LogP contribution in [-0.2, 0) is 26.8 Å². The number of benzene rings is 2. The van der Waals surface area contributed by atoms with Gasteiger partial charge in [0.05, 0.1) is 5.41 Å². The van der Waals surface area contributed by atoms with E-state index in [-0.39, 0.29) is 29.1 Å². The number of aromatic hydroxyl groups is 1. The van der Waals surface area contributed by atoms with Crippen LogP contribution in [0.2, 0.25) is 0 Å². The van der Waals surface area contributed by atoms with Crippen LogP contribution in [0.5, 0.6) is 5.75 Å². The van der Waals surface area contributed by atoms with Gasteiger partial charge >= 0.3 is 0 Å². The minimum atomic E-state index is -0.625. The molecule has 0 radical (unpaired) electrons. The van der Waals surface area contributed by atoms with Crippen LogP contribution in [0.4, 0.5) is 0 Å². The Labute approximate surface area is 258 Å². The predicted molar refractivity (Wildman–Crippen MR) is 172 cm³/mol. The van der Waals surface area contributed by atoms with Crippen molar-refractivity contribution in [2.75, 3.05) is 26.2 Å². The lowest BCUT2D eigenvalue weighted by atomic mass is 9.59. The number of unbranched alkanes of at least 4 members (excludes halogenated alkanes) is 2. The summed E-state index contributed by atoms with van der Waals surface area (Å²) in [5, 5.41) is 16.5. The summed E-state index contributed by atoms with van der Waals surface area (Å²) in [7, 11) is 0. The molecule has 1 saturated heterocycles. The average Bonchev–Trinajstić information content (AvgIpc) is 3.71. The second-order valence-electron chi connectivity index (χ2n) is 14.1. The standard InChI is InChI=1S/C36H52N4O3/c1-24(2)19-31(33(42)38-17-10-6-9-16-37)39-34(43)36(27-11-7-5-8-12-27)22-28(36)23-40-18-15-35(4)25(3)32(40)20-26-13-14-29(41)21-30(26)35/h5,7-8,11-14,21,24-25,28,31-32,41H,6,9-10,15-20,22-23,37H2,1-4H3,(H,38,42)(H,39,43)/t25-,28-,31+,32-,35-,36+/m1/s1. The first-order chi connectivity index (χ1) is 20.6. The summed E-state index contributed by atoms with van der Waals surface area (Å²) in [4.78, 5) is 30.2. The van der Waals surface area contributed by atoms with E-state index in [1.165, 1.54) is 11.1 Å². The van der Waals surface area contributed by atoms with Crippen molar-refractivity contribution in [2.45, 2.75) is 95.6 Å². The van der Waals surface area contributed by atoms with Crippen molar-refractivity contribution in [3.05, 3.63) is 65.2 Å². The molecular weight excluding hydrogens is 536 g/mol. The molecule has 1 saturated carbocycles. The van der Waals surface area contributed by atoms with Gasteiger partial charge in [-0.1, -0.05) is 70.5 Å². The van der Waals surface area contributed by atoms with Gasteiger partial charge in [-0.15, -0.1) is 0 Å². The summed E-state index contributed by atoms with van der Waals surface area (Å²) in [5.41, 5.74) is 8.70. The van der Waals surface area contributed by atoms with Gasteiger partial charge in [0.15, 0.2) is 0 Å². The molecule has 5 rings (SSSR count). The SMILES string of the molecule is CC(C)C[C@H](NC(=O)[C@]1(c2ccccc2)C[C@@H]1CN1CC[C@@]2(C)c3cc(O)ccc3C[C@@H]1[C@H]2C)C(=O)NCCCCCN. The zero-order valence-corrected chi connectivity index (χ0v) is 26.6. The highest BCUT2D eigenvalue weighted by molar-refractivity contribution is 5.95. The Kier molecular flexibility index (Phi) is 9.52. The molecule has 2 aromatic rings. The summed E-state index contributed by atoms with van der Waals surface area (Å²) in [5.74, 6) is 1.14. The summed E-state index contributed by atoms with van der Waals surface area (Å²) in [6.45, 7) is 12.0. The van der Waals surface area contributed by atoms with Gasteiger partial charge in [0, 0.05) is 19.1 Å². The van der Waals surface area contributed by atoms with Gasteiger partial charge in [-0.05, 0) is 104 Å². The number of fused-ring (bicyclic) bond motifs is 4. The van der Waals surface area contributed by atoms with E-state index in [9.17, 15) is 14.7 Å². The fraction of sp³-hybridized carbons (Fsp3) is 0.611. The maximum absolute atomic E-state index is 14.3. The normalized spacial score (nSPS) is 28.7. The zero-order chi connectivity index (χ0) is 30.8. The molecule has 1 heterocycles. The first-order valence-corrected chi connectivity index (χ1v) is 16.5. The highest BCUT2D eigenvalue weighted by atomic mass is 16.3. The van der Waals surface area contributed by atoms with E-state index in [2.05, 4.69) is 61.4 Å². The van der Waals surface area contributed by atoms with E-state index in [1.807, 2.05) is 30.3 Å². The quantitative estimate of drug-likeness (QED) is 0.255. The van der Waals surface area contributed by atoms with Gasteiger partial charge in [0.25, 0.3) is 0 Å². The second-order valence-corrected chi connectivity index (χ2v) is 14.1. The Morgan fingerprint density at radius 3 is 2.60 bits per heavy atom. The molecule has 6 atom stereocenters. The number of phenols is 1. The molecule has 0 aromatic heterocycles. The van der Waals surface area contributed by atoms with E-state index in [1.54, 1.807) is 0 Å². The number of rotatable bonds is 13. The lowest BCUT2D eigenvalue weighted by Crippen LogP contribution is -2.58. The first-order valence-electron chi connectivity index (χ1n) is 16.5. The fourth-order valence-electron chi connectivity index (χ4n) is 8.02. The van der Waals surface area contributed by atoms with Crippen LogP contribution in [-0.4, -0.2) is 60.1 Å². The number of hydrogen-bond donors (Lipinski definition) is 4. The number of piperidine rings is 1. The molecule has 43 heavy (non-hydrogen) atoms. The Bertz CT molecular complexity index is 1280. The maximum Gasteiger partial charge on any atom is 0.242 e. The third-order valence-corrected chi connectivity index (χ3v) is 10.9. The maximum atomic E-state index is 14.3. The number of carbonyl (C=O) groups excluding carboxylic acids is 2. The minimum absolute atomic E-state index is 0.0213.